The van der Waals surface area contributed by atoms with Crippen molar-refractivity contribution in [2.75, 3.05) is 0 Å². The van der Waals surface area contributed by atoms with Gasteiger partial charge in [-0.1, -0.05) is 19.9 Å². The monoisotopic (exact) mass is 210 g/mol. The molecule has 0 aliphatic rings. The third-order valence-electron chi connectivity index (χ3n) is 1.34. The van der Waals surface area contributed by atoms with Crippen molar-refractivity contribution in [2.45, 2.75) is 20.8 Å². The maximum Gasteiger partial charge on any atom is 0.335 e. The number of aromatic carboxylic acids is 1. The summed E-state index contributed by atoms with van der Waals surface area (Å²) in [6, 6.07) is 5.76. The molecule has 0 saturated heterocycles. The predicted octanol–water partition coefficient (Wildman–Crippen LogP) is 2.34. The van der Waals surface area contributed by atoms with Gasteiger partial charge in [0.25, 0.3) is 0 Å². The quantitative estimate of drug-likeness (QED) is 0.601. The number of carbonyl (C=O) groups is 2. The van der Waals surface area contributed by atoms with E-state index in [4.69, 9.17) is 9.84 Å². The number of hydrogen-bond acceptors (Lipinski definition) is 3. The molecule has 1 N–H and O–H groups in total. The van der Waals surface area contributed by atoms with Crippen LogP contribution in [0.25, 0.3) is 0 Å². The first-order valence-electron chi connectivity index (χ1n) is 4.61. The summed E-state index contributed by atoms with van der Waals surface area (Å²) in [7, 11) is 0. The maximum atomic E-state index is 10.5. The average molecular weight is 210 g/mol. The van der Waals surface area contributed by atoms with E-state index in [-0.39, 0.29) is 11.3 Å². The van der Waals surface area contributed by atoms with E-state index >= 15 is 0 Å². The van der Waals surface area contributed by atoms with E-state index in [0.717, 1.165) is 0 Å². The van der Waals surface area contributed by atoms with Gasteiger partial charge in [-0.05, 0) is 18.2 Å². The van der Waals surface area contributed by atoms with E-state index in [9.17, 15) is 9.59 Å². The van der Waals surface area contributed by atoms with E-state index in [0.29, 0.717) is 0 Å². The van der Waals surface area contributed by atoms with E-state index in [1.54, 1.807) is 0 Å². The Morgan fingerprint density at radius 2 is 1.87 bits per heavy atom. The van der Waals surface area contributed by atoms with Crippen LogP contribution in [-0.2, 0) is 4.79 Å². The van der Waals surface area contributed by atoms with Crippen LogP contribution in [0.5, 0.6) is 5.75 Å². The van der Waals surface area contributed by atoms with E-state index in [1.807, 2.05) is 13.8 Å². The summed E-state index contributed by atoms with van der Waals surface area (Å²) in [6.07, 6.45) is 0. The summed E-state index contributed by atoms with van der Waals surface area (Å²) in [6.45, 7) is 5.26. The molecule has 4 nitrogen and oxygen atoms in total. The molecule has 0 spiro atoms. The summed E-state index contributed by atoms with van der Waals surface area (Å²) in [5, 5.41) is 8.60. The van der Waals surface area contributed by atoms with Crippen molar-refractivity contribution in [3.8, 4) is 5.75 Å². The van der Waals surface area contributed by atoms with Crippen molar-refractivity contribution in [1.82, 2.24) is 0 Å². The lowest BCUT2D eigenvalue weighted by molar-refractivity contribution is -0.131. The fourth-order valence-electron chi connectivity index (χ4n) is 0.859. The molecular formula is C11H14O4. The highest BCUT2D eigenvalue weighted by Crippen LogP contribution is 2.13. The fraction of sp³-hybridized carbons (Fsp3) is 0.273. The number of carbonyl (C=O) groups excluding carboxylic acids is 1. The number of esters is 1. The first-order chi connectivity index (χ1) is 7.09. The topological polar surface area (TPSA) is 63.6 Å². The summed E-state index contributed by atoms with van der Waals surface area (Å²) < 4.78 is 4.70. The Labute approximate surface area is 88.5 Å². The summed E-state index contributed by atoms with van der Waals surface area (Å²) in [5.41, 5.74) is 0.0961. The molecule has 1 aromatic rings. The second-order valence-electron chi connectivity index (χ2n) is 2.43. The molecule has 0 bridgehead atoms. The van der Waals surface area contributed by atoms with Crippen LogP contribution in [0.2, 0.25) is 0 Å². The summed E-state index contributed by atoms with van der Waals surface area (Å²) >= 11 is 0. The molecule has 0 unspecified atom stereocenters. The molecular weight excluding hydrogens is 196 g/mol. The van der Waals surface area contributed by atoms with Gasteiger partial charge in [0.2, 0.25) is 0 Å². The highest BCUT2D eigenvalue weighted by Gasteiger charge is 2.04. The summed E-state index contributed by atoms with van der Waals surface area (Å²) in [5.74, 6) is -1.27. The van der Waals surface area contributed by atoms with Crippen molar-refractivity contribution in [1.29, 1.82) is 0 Å². The van der Waals surface area contributed by atoms with Gasteiger partial charge in [-0.25, -0.2) is 4.79 Å². The maximum absolute atomic E-state index is 10.5. The standard InChI is InChI=1S/C9H8O4.C2H6/c1-6(10)13-8-4-2-3-7(5-8)9(11)12;1-2/h2-5H,1H3,(H,11,12);1-2H3. The third kappa shape index (κ3) is 4.81. The minimum Gasteiger partial charge on any atom is -0.478 e. The van der Waals surface area contributed by atoms with Crippen molar-refractivity contribution in [2.24, 2.45) is 0 Å². The number of benzene rings is 1. The molecule has 0 aromatic heterocycles. The predicted molar refractivity (Wildman–Crippen MR) is 56.1 cm³/mol. The molecule has 0 fully saturated rings. The Hall–Kier alpha value is -1.84. The molecule has 0 amide bonds. The molecule has 4 heteroatoms. The molecule has 0 aliphatic heterocycles. The molecule has 0 radical (unpaired) electrons. The van der Waals surface area contributed by atoms with Gasteiger partial charge in [0, 0.05) is 6.92 Å². The number of rotatable bonds is 2. The minimum atomic E-state index is -1.05. The second kappa shape index (κ2) is 6.59. The number of carboxylic acid groups (broad SMARTS) is 1. The van der Waals surface area contributed by atoms with Gasteiger partial charge in [-0.2, -0.15) is 0 Å². The molecule has 0 saturated carbocycles. The van der Waals surface area contributed by atoms with Gasteiger partial charge in [0.05, 0.1) is 5.56 Å². The van der Waals surface area contributed by atoms with Crippen LogP contribution in [0.3, 0.4) is 0 Å². The SMILES string of the molecule is CC.CC(=O)Oc1cccc(C(=O)O)c1. The first-order valence-corrected chi connectivity index (χ1v) is 4.61. The zero-order valence-corrected chi connectivity index (χ0v) is 8.98. The van der Waals surface area contributed by atoms with Crippen LogP contribution in [0.4, 0.5) is 0 Å². The van der Waals surface area contributed by atoms with Crippen LogP contribution in [0.15, 0.2) is 24.3 Å². The molecule has 0 heterocycles. The smallest absolute Gasteiger partial charge is 0.335 e. The molecule has 1 rings (SSSR count). The van der Waals surface area contributed by atoms with Gasteiger partial charge in [0.1, 0.15) is 5.75 Å². The van der Waals surface area contributed by atoms with Crippen molar-refractivity contribution >= 4 is 11.9 Å². The Morgan fingerprint density at radius 3 is 2.33 bits per heavy atom. The lowest BCUT2D eigenvalue weighted by Crippen LogP contribution is -2.03. The Balaban J connectivity index is 0.000000921. The molecule has 0 atom stereocenters. The highest BCUT2D eigenvalue weighted by atomic mass is 16.5. The normalized spacial score (nSPS) is 8.47. The van der Waals surface area contributed by atoms with Crippen LogP contribution in [0.1, 0.15) is 31.1 Å². The average Bonchev–Trinajstić information content (AvgIpc) is 2.20. The number of hydrogen-bond donors (Lipinski definition) is 1. The lowest BCUT2D eigenvalue weighted by atomic mass is 10.2. The first kappa shape index (κ1) is 13.2. The highest BCUT2D eigenvalue weighted by molar-refractivity contribution is 5.88. The van der Waals surface area contributed by atoms with E-state index in [1.165, 1.54) is 31.2 Å². The Bertz CT molecular complexity index is 344. The largest absolute Gasteiger partial charge is 0.478 e. The van der Waals surface area contributed by atoms with Gasteiger partial charge in [0.15, 0.2) is 0 Å². The molecule has 15 heavy (non-hydrogen) atoms. The zero-order valence-electron chi connectivity index (χ0n) is 8.98. The van der Waals surface area contributed by atoms with Crippen LogP contribution >= 0.6 is 0 Å². The molecule has 1 aromatic carbocycles. The van der Waals surface area contributed by atoms with Crippen molar-refractivity contribution in [3.05, 3.63) is 29.8 Å². The van der Waals surface area contributed by atoms with Gasteiger partial charge < -0.3 is 9.84 Å². The van der Waals surface area contributed by atoms with Gasteiger partial charge in [-0.15, -0.1) is 0 Å². The van der Waals surface area contributed by atoms with Crippen molar-refractivity contribution < 1.29 is 19.4 Å². The van der Waals surface area contributed by atoms with Gasteiger partial charge >= 0.3 is 11.9 Å². The van der Waals surface area contributed by atoms with Gasteiger partial charge in [-0.3, -0.25) is 4.79 Å². The number of ether oxygens (including phenoxy) is 1. The zero-order chi connectivity index (χ0) is 11.8. The molecule has 82 valence electrons. The molecule has 0 aliphatic carbocycles. The Morgan fingerprint density at radius 1 is 1.27 bits per heavy atom. The van der Waals surface area contributed by atoms with E-state index in [2.05, 4.69) is 0 Å². The summed E-state index contributed by atoms with van der Waals surface area (Å²) in [4.78, 5) is 21.0. The fourth-order valence-corrected chi connectivity index (χ4v) is 0.859. The van der Waals surface area contributed by atoms with Crippen LogP contribution in [0, 0.1) is 0 Å². The third-order valence-corrected chi connectivity index (χ3v) is 1.34. The van der Waals surface area contributed by atoms with Crippen molar-refractivity contribution in [3.63, 3.8) is 0 Å². The van der Waals surface area contributed by atoms with Crippen LogP contribution < -0.4 is 4.74 Å². The lowest BCUT2D eigenvalue weighted by Gasteiger charge is -2.00. The second-order valence-corrected chi connectivity index (χ2v) is 2.43. The minimum absolute atomic E-state index is 0.0961. The van der Waals surface area contributed by atoms with E-state index < -0.39 is 11.9 Å². The van der Waals surface area contributed by atoms with Crippen LogP contribution in [-0.4, -0.2) is 17.0 Å². The Kier molecular flexibility index (Phi) is 5.78. The number of carboxylic acids is 1.